The molecule has 0 aliphatic carbocycles. The molecule has 3 fully saturated rings. The number of likely N-dealkylation sites (N-methyl/N-ethyl adjacent to an activating group) is 1. The zero-order chi connectivity index (χ0) is 18.6. The third-order valence-corrected chi connectivity index (χ3v) is 5.85. The van der Waals surface area contributed by atoms with Gasteiger partial charge in [0.1, 0.15) is 0 Å². The second-order valence-electron chi connectivity index (χ2n) is 7.89. The highest BCUT2D eigenvalue weighted by atomic mass is 127. The van der Waals surface area contributed by atoms with Crippen LogP contribution in [0.3, 0.4) is 0 Å². The van der Waals surface area contributed by atoms with Crippen LogP contribution in [0.1, 0.15) is 25.7 Å². The Morgan fingerprint density at radius 3 is 2.59 bits per heavy atom. The Morgan fingerprint density at radius 2 is 1.96 bits per heavy atom. The van der Waals surface area contributed by atoms with Gasteiger partial charge in [-0.15, -0.1) is 24.0 Å². The molecule has 1 spiro atoms. The molecule has 3 saturated heterocycles. The van der Waals surface area contributed by atoms with Crippen molar-refractivity contribution in [2.75, 3.05) is 66.5 Å². The van der Waals surface area contributed by atoms with Crippen LogP contribution in [-0.2, 0) is 9.59 Å². The molecule has 0 bridgehead atoms. The van der Waals surface area contributed by atoms with Gasteiger partial charge in [-0.2, -0.15) is 0 Å². The second kappa shape index (κ2) is 9.90. The van der Waals surface area contributed by atoms with Crippen molar-refractivity contribution in [3.8, 4) is 0 Å². The van der Waals surface area contributed by atoms with E-state index >= 15 is 0 Å². The molecule has 2 amide bonds. The number of piperidine rings is 1. The summed E-state index contributed by atoms with van der Waals surface area (Å²) in [6.45, 7) is 6.69. The van der Waals surface area contributed by atoms with E-state index in [1.807, 2.05) is 4.90 Å². The molecule has 9 heteroatoms. The number of aliphatic imine (C=N–C) groups is 1. The monoisotopic (exact) mass is 492 g/mol. The minimum absolute atomic E-state index is 0. The van der Waals surface area contributed by atoms with Gasteiger partial charge in [-0.3, -0.25) is 14.6 Å². The van der Waals surface area contributed by atoms with Gasteiger partial charge in [-0.05, 0) is 19.9 Å². The summed E-state index contributed by atoms with van der Waals surface area (Å²) in [4.78, 5) is 34.9. The van der Waals surface area contributed by atoms with Crippen molar-refractivity contribution < 1.29 is 9.59 Å². The van der Waals surface area contributed by atoms with E-state index in [0.29, 0.717) is 19.4 Å². The fourth-order valence-corrected chi connectivity index (χ4v) is 4.26. The van der Waals surface area contributed by atoms with Gasteiger partial charge >= 0.3 is 0 Å². The summed E-state index contributed by atoms with van der Waals surface area (Å²) in [5, 5.41) is 6.32. The maximum Gasteiger partial charge on any atom is 0.224 e. The Morgan fingerprint density at radius 1 is 1.22 bits per heavy atom. The van der Waals surface area contributed by atoms with E-state index in [1.54, 1.807) is 7.05 Å². The number of halogens is 1. The zero-order valence-electron chi connectivity index (χ0n) is 16.5. The van der Waals surface area contributed by atoms with Crippen LogP contribution in [0, 0.1) is 5.41 Å². The lowest BCUT2D eigenvalue weighted by Crippen LogP contribution is -2.52. The molecule has 0 aromatic heterocycles. The van der Waals surface area contributed by atoms with Crippen molar-refractivity contribution in [3.05, 3.63) is 0 Å². The molecule has 3 heterocycles. The maximum atomic E-state index is 12.4. The van der Waals surface area contributed by atoms with Gasteiger partial charge in [0.25, 0.3) is 0 Å². The summed E-state index contributed by atoms with van der Waals surface area (Å²) >= 11 is 0. The van der Waals surface area contributed by atoms with Crippen LogP contribution in [0.25, 0.3) is 0 Å². The molecule has 8 nitrogen and oxygen atoms in total. The first kappa shape index (κ1) is 22.2. The number of piperazine rings is 1. The number of carbonyl (C=O) groups excluding carboxylic acids is 2. The molecular formula is C18H33IN6O2. The lowest BCUT2D eigenvalue weighted by molar-refractivity contribution is -0.132. The number of rotatable bonds is 3. The number of likely N-dealkylation sites (tertiary alicyclic amines) is 1. The molecule has 27 heavy (non-hydrogen) atoms. The minimum Gasteiger partial charge on any atom is -0.356 e. The minimum atomic E-state index is 0. The molecule has 0 aromatic carbocycles. The summed E-state index contributed by atoms with van der Waals surface area (Å²) in [6, 6.07) is 0. The highest BCUT2D eigenvalue weighted by Crippen LogP contribution is 2.35. The molecular weight excluding hydrogens is 459 g/mol. The van der Waals surface area contributed by atoms with Crippen LogP contribution >= 0.6 is 24.0 Å². The van der Waals surface area contributed by atoms with Crippen molar-refractivity contribution in [2.45, 2.75) is 25.7 Å². The fraction of sp³-hybridized carbons (Fsp3) is 0.833. The van der Waals surface area contributed by atoms with Crippen LogP contribution in [-0.4, -0.2) is 98.9 Å². The van der Waals surface area contributed by atoms with Gasteiger partial charge in [-0.1, -0.05) is 0 Å². The first-order valence-corrected chi connectivity index (χ1v) is 9.70. The first-order valence-electron chi connectivity index (χ1n) is 9.70. The van der Waals surface area contributed by atoms with Crippen LogP contribution in [0.2, 0.25) is 0 Å². The SMILES string of the molecule is CN=C(NCCC(=O)N1CCN(C)CC1)N1CCCC2(CNC(=O)C2)C1.I. The maximum absolute atomic E-state index is 12.4. The Kier molecular flexibility index (Phi) is 8.14. The van der Waals surface area contributed by atoms with E-state index in [1.165, 1.54) is 0 Å². The number of hydrogen-bond donors (Lipinski definition) is 2. The quantitative estimate of drug-likeness (QED) is 0.328. The molecule has 3 aliphatic rings. The second-order valence-corrected chi connectivity index (χ2v) is 7.89. The summed E-state index contributed by atoms with van der Waals surface area (Å²) < 4.78 is 0. The van der Waals surface area contributed by atoms with Crippen molar-refractivity contribution in [1.82, 2.24) is 25.3 Å². The number of nitrogens with zero attached hydrogens (tertiary/aromatic N) is 4. The van der Waals surface area contributed by atoms with Crippen molar-refractivity contribution in [3.63, 3.8) is 0 Å². The van der Waals surface area contributed by atoms with Gasteiger partial charge in [0, 0.05) is 77.7 Å². The average molecular weight is 492 g/mol. The van der Waals surface area contributed by atoms with E-state index < -0.39 is 0 Å². The Balaban J connectivity index is 0.00000261. The van der Waals surface area contributed by atoms with Crippen LogP contribution in [0.4, 0.5) is 0 Å². The Hall–Kier alpha value is -1.10. The summed E-state index contributed by atoms with van der Waals surface area (Å²) in [5.41, 5.74) is 0.0442. The highest BCUT2D eigenvalue weighted by Gasteiger charge is 2.42. The average Bonchev–Trinajstić information content (AvgIpc) is 2.99. The van der Waals surface area contributed by atoms with Crippen molar-refractivity contribution >= 4 is 41.8 Å². The predicted molar refractivity (Wildman–Crippen MR) is 116 cm³/mol. The number of guanidine groups is 1. The fourth-order valence-electron chi connectivity index (χ4n) is 4.26. The number of amides is 2. The summed E-state index contributed by atoms with van der Waals surface area (Å²) in [5.74, 6) is 1.21. The molecule has 2 N–H and O–H groups in total. The summed E-state index contributed by atoms with van der Waals surface area (Å²) in [7, 11) is 3.87. The van der Waals surface area contributed by atoms with Gasteiger partial charge in [0.2, 0.25) is 11.8 Å². The molecule has 1 unspecified atom stereocenters. The van der Waals surface area contributed by atoms with E-state index in [0.717, 1.165) is 64.6 Å². The number of carbonyl (C=O) groups is 2. The third kappa shape index (κ3) is 5.69. The largest absolute Gasteiger partial charge is 0.356 e. The summed E-state index contributed by atoms with van der Waals surface area (Å²) in [6.07, 6.45) is 3.25. The molecule has 3 aliphatic heterocycles. The first-order chi connectivity index (χ1) is 12.5. The Labute approximate surface area is 179 Å². The van der Waals surface area contributed by atoms with Crippen LogP contribution < -0.4 is 10.6 Å². The van der Waals surface area contributed by atoms with Crippen LogP contribution in [0.15, 0.2) is 4.99 Å². The smallest absolute Gasteiger partial charge is 0.224 e. The van der Waals surface area contributed by atoms with Crippen molar-refractivity contribution in [2.24, 2.45) is 10.4 Å². The molecule has 0 saturated carbocycles. The van der Waals surface area contributed by atoms with Gasteiger partial charge in [-0.25, -0.2) is 0 Å². The van der Waals surface area contributed by atoms with E-state index in [-0.39, 0.29) is 41.2 Å². The van der Waals surface area contributed by atoms with E-state index in [2.05, 4.69) is 32.5 Å². The Bertz CT molecular complexity index is 564. The topological polar surface area (TPSA) is 80.3 Å². The molecule has 154 valence electrons. The predicted octanol–water partition coefficient (Wildman–Crippen LogP) is -0.0540. The van der Waals surface area contributed by atoms with E-state index in [4.69, 9.17) is 0 Å². The molecule has 3 rings (SSSR count). The van der Waals surface area contributed by atoms with Gasteiger partial charge < -0.3 is 25.3 Å². The molecule has 0 radical (unpaired) electrons. The van der Waals surface area contributed by atoms with Crippen molar-refractivity contribution in [1.29, 1.82) is 0 Å². The van der Waals surface area contributed by atoms with E-state index in [9.17, 15) is 9.59 Å². The number of nitrogens with one attached hydrogen (secondary N) is 2. The molecule has 1 atom stereocenters. The lowest BCUT2D eigenvalue weighted by Gasteiger charge is -2.40. The van der Waals surface area contributed by atoms with Gasteiger partial charge in [0.15, 0.2) is 5.96 Å². The zero-order valence-corrected chi connectivity index (χ0v) is 18.8. The third-order valence-electron chi connectivity index (χ3n) is 5.85. The lowest BCUT2D eigenvalue weighted by atomic mass is 9.79. The number of hydrogen-bond acceptors (Lipinski definition) is 4. The van der Waals surface area contributed by atoms with Crippen LogP contribution in [0.5, 0.6) is 0 Å². The standard InChI is InChI=1S/C18H32N6O2.HI/c1-19-17(20-6-4-16(26)23-10-8-22(2)9-11-23)24-7-3-5-18(14-24)12-15(25)21-13-18;/h3-14H2,1-2H3,(H,19,20)(H,21,25);1H. The van der Waals surface area contributed by atoms with Gasteiger partial charge in [0.05, 0.1) is 0 Å². The molecule has 0 aromatic rings. The normalized spacial score (nSPS) is 26.7. The highest BCUT2D eigenvalue weighted by molar-refractivity contribution is 14.0.